The van der Waals surface area contributed by atoms with Crippen LogP contribution < -0.4 is 4.90 Å². The van der Waals surface area contributed by atoms with Gasteiger partial charge in [-0.05, 0) is 70.7 Å². The van der Waals surface area contributed by atoms with Crippen LogP contribution in [0.2, 0.25) is 0 Å². The number of aryl methyl sites for hydroxylation is 1. The van der Waals surface area contributed by atoms with Gasteiger partial charge in [0.25, 0.3) is 11.8 Å². The second-order valence-corrected chi connectivity index (χ2v) is 8.90. The van der Waals surface area contributed by atoms with E-state index in [1.54, 1.807) is 21.9 Å². The van der Waals surface area contributed by atoms with Gasteiger partial charge in [-0.1, -0.05) is 0 Å². The van der Waals surface area contributed by atoms with Crippen molar-refractivity contribution in [2.45, 2.75) is 20.3 Å². The highest BCUT2D eigenvalue weighted by molar-refractivity contribution is 6.35. The molecule has 0 spiro atoms. The second-order valence-electron chi connectivity index (χ2n) is 8.90. The highest BCUT2D eigenvalue weighted by atomic mass is 19.1. The first-order valence-corrected chi connectivity index (χ1v) is 11.3. The Kier molecular flexibility index (Phi) is 6.67. The number of morpholine rings is 1. The van der Waals surface area contributed by atoms with E-state index >= 15 is 0 Å². The molecule has 3 heterocycles. The Balaban J connectivity index is 1.68. The molecule has 1 aromatic heterocycles. The van der Waals surface area contributed by atoms with E-state index in [4.69, 9.17) is 4.74 Å². The Hall–Kier alpha value is -2.97. The number of nitrogens with one attached hydrogen (secondary N) is 1. The molecule has 2 aliphatic heterocycles. The normalized spacial score (nSPS) is 17.4. The summed E-state index contributed by atoms with van der Waals surface area (Å²) < 4.78 is 19.5. The van der Waals surface area contributed by atoms with Crippen LogP contribution >= 0.6 is 0 Å². The van der Waals surface area contributed by atoms with Gasteiger partial charge in [-0.25, -0.2) is 4.39 Å². The molecule has 1 N–H and O–H groups in total. The Labute approximate surface area is 193 Å². The van der Waals surface area contributed by atoms with Gasteiger partial charge in [-0.3, -0.25) is 9.59 Å². The van der Waals surface area contributed by atoms with Crippen LogP contribution in [-0.2, 0) is 9.53 Å². The Morgan fingerprint density at radius 1 is 1.24 bits per heavy atom. The third kappa shape index (κ3) is 4.58. The number of nitrogens with zero attached hydrogens (tertiary/aromatic N) is 3. The summed E-state index contributed by atoms with van der Waals surface area (Å²) in [7, 11) is 3.99. The monoisotopic (exact) mass is 454 g/mol. The van der Waals surface area contributed by atoms with Gasteiger partial charge in [0, 0.05) is 36.6 Å². The number of fused-ring (bicyclic) bond motifs is 1. The number of hydrogen-bond acceptors (Lipinski definition) is 4. The van der Waals surface area contributed by atoms with Gasteiger partial charge in [0.2, 0.25) is 0 Å². The molecule has 4 rings (SSSR count). The van der Waals surface area contributed by atoms with Gasteiger partial charge >= 0.3 is 0 Å². The third-order valence-electron chi connectivity index (χ3n) is 6.28. The first kappa shape index (κ1) is 23.2. The van der Waals surface area contributed by atoms with E-state index in [2.05, 4.69) is 9.88 Å². The minimum absolute atomic E-state index is 0.0382. The minimum atomic E-state index is -0.384. The zero-order valence-corrected chi connectivity index (χ0v) is 19.7. The largest absolute Gasteiger partial charge is 0.378 e. The van der Waals surface area contributed by atoms with Gasteiger partial charge in [-0.2, -0.15) is 0 Å². The van der Waals surface area contributed by atoms with Crippen molar-refractivity contribution in [1.29, 1.82) is 0 Å². The fourth-order valence-corrected chi connectivity index (χ4v) is 4.54. The third-order valence-corrected chi connectivity index (χ3v) is 6.28. The van der Waals surface area contributed by atoms with Gasteiger partial charge in [-0.15, -0.1) is 0 Å². The number of aromatic amines is 1. The van der Waals surface area contributed by atoms with E-state index in [9.17, 15) is 14.0 Å². The first-order valence-electron chi connectivity index (χ1n) is 11.3. The van der Waals surface area contributed by atoms with E-state index in [1.165, 1.54) is 12.1 Å². The predicted octanol–water partition coefficient (Wildman–Crippen LogP) is 3.08. The van der Waals surface area contributed by atoms with Crippen LogP contribution in [0.25, 0.3) is 11.6 Å². The molecule has 1 saturated heterocycles. The quantitative estimate of drug-likeness (QED) is 0.682. The highest BCUT2D eigenvalue weighted by Gasteiger charge is 2.33. The maximum Gasteiger partial charge on any atom is 0.259 e. The van der Waals surface area contributed by atoms with Crippen LogP contribution in [0, 0.1) is 19.7 Å². The highest BCUT2D eigenvalue weighted by Crippen LogP contribution is 2.39. The molecular weight excluding hydrogens is 423 g/mol. The molecule has 0 radical (unpaired) electrons. The van der Waals surface area contributed by atoms with Crippen molar-refractivity contribution < 1.29 is 18.7 Å². The zero-order chi connectivity index (χ0) is 23.7. The molecule has 0 bridgehead atoms. The zero-order valence-electron chi connectivity index (χ0n) is 19.7. The molecule has 0 atom stereocenters. The Morgan fingerprint density at radius 2 is 1.97 bits per heavy atom. The molecule has 0 unspecified atom stereocenters. The Morgan fingerprint density at radius 3 is 2.67 bits per heavy atom. The summed E-state index contributed by atoms with van der Waals surface area (Å²) in [6.07, 6.45) is 2.56. The molecule has 2 aromatic rings. The Bertz CT molecular complexity index is 1100. The maximum atomic E-state index is 14.1. The summed E-state index contributed by atoms with van der Waals surface area (Å²) in [6.45, 7) is 7.33. The average molecular weight is 455 g/mol. The van der Waals surface area contributed by atoms with Crippen LogP contribution in [0.3, 0.4) is 0 Å². The number of H-pyrrole nitrogens is 1. The van der Waals surface area contributed by atoms with E-state index in [-0.39, 0.29) is 17.6 Å². The summed E-state index contributed by atoms with van der Waals surface area (Å²) in [4.78, 5) is 35.3. The van der Waals surface area contributed by atoms with Crippen molar-refractivity contribution in [3.05, 3.63) is 52.1 Å². The number of anilines is 1. The van der Waals surface area contributed by atoms with Gasteiger partial charge in [0.1, 0.15) is 5.82 Å². The lowest BCUT2D eigenvalue weighted by molar-refractivity contribution is -0.113. The molecule has 2 amide bonds. The van der Waals surface area contributed by atoms with Crippen LogP contribution in [0.4, 0.5) is 10.1 Å². The molecule has 0 saturated carbocycles. The molecular formula is C25H31FN4O3. The number of amides is 2. The molecule has 33 heavy (non-hydrogen) atoms. The van der Waals surface area contributed by atoms with E-state index in [0.29, 0.717) is 55.2 Å². The van der Waals surface area contributed by atoms with Crippen LogP contribution in [0.15, 0.2) is 18.2 Å². The number of benzene rings is 1. The lowest BCUT2D eigenvalue weighted by atomic mass is 10.0. The number of carbonyl (C=O) groups is 2. The van der Waals surface area contributed by atoms with E-state index < -0.39 is 0 Å². The fourth-order valence-electron chi connectivity index (χ4n) is 4.54. The maximum absolute atomic E-state index is 14.1. The smallest absolute Gasteiger partial charge is 0.259 e. The van der Waals surface area contributed by atoms with Crippen molar-refractivity contribution in [3.63, 3.8) is 0 Å². The molecule has 8 heteroatoms. The number of carbonyl (C=O) groups excluding carboxylic acids is 2. The van der Waals surface area contributed by atoms with Crippen molar-refractivity contribution in [2.24, 2.45) is 0 Å². The average Bonchev–Trinajstić information content (AvgIpc) is 3.21. The molecule has 1 aromatic carbocycles. The van der Waals surface area contributed by atoms with Crippen molar-refractivity contribution >= 4 is 29.2 Å². The number of ether oxygens (including phenoxy) is 1. The van der Waals surface area contributed by atoms with Gasteiger partial charge in [0.15, 0.2) is 0 Å². The standard InChI is InChI=1S/C25H31FN4O3/c1-16-21(27-17(2)23(16)25(32)29-10-12-33-13-11-29)15-20-19-14-18(26)6-7-22(19)30(24(20)31)9-5-8-28(3)4/h6-7,14-15,27H,5,8-13H2,1-4H3/b20-15-. The predicted molar refractivity (Wildman–Crippen MR) is 127 cm³/mol. The van der Waals surface area contributed by atoms with E-state index in [0.717, 1.165) is 29.9 Å². The minimum Gasteiger partial charge on any atom is -0.378 e. The topological polar surface area (TPSA) is 68.9 Å². The summed E-state index contributed by atoms with van der Waals surface area (Å²) in [6, 6.07) is 4.46. The lowest BCUT2D eigenvalue weighted by Gasteiger charge is -2.27. The number of hydrogen-bond donors (Lipinski definition) is 1. The second kappa shape index (κ2) is 9.49. The first-order chi connectivity index (χ1) is 15.8. The molecule has 7 nitrogen and oxygen atoms in total. The lowest BCUT2D eigenvalue weighted by Crippen LogP contribution is -2.41. The van der Waals surface area contributed by atoms with Gasteiger partial charge in [0.05, 0.1) is 30.0 Å². The number of aromatic nitrogens is 1. The molecule has 1 fully saturated rings. The van der Waals surface area contributed by atoms with Crippen LogP contribution in [-0.4, -0.2) is 80.1 Å². The number of halogens is 1. The summed E-state index contributed by atoms with van der Waals surface area (Å²) in [5, 5.41) is 0. The molecule has 2 aliphatic rings. The van der Waals surface area contributed by atoms with Gasteiger partial charge < -0.3 is 24.4 Å². The van der Waals surface area contributed by atoms with E-state index in [1.807, 2.05) is 27.9 Å². The van der Waals surface area contributed by atoms with Crippen molar-refractivity contribution in [3.8, 4) is 0 Å². The summed E-state index contributed by atoms with van der Waals surface area (Å²) >= 11 is 0. The van der Waals surface area contributed by atoms with Crippen LogP contribution in [0.1, 0.15) is 39.3 Å². The SMILES string of the molecule is Cc1[nH]c(/C=C2\C(=O)N(CCCN(C)C)c3ccc(F)cc32)c(C)c1C(=O)N1CCOCC1. The van der Waals surface area contributed by atoms with Crippen molar-refractivity contribution in [1.82, 2.24) is 14.8 Å². The number of rotatable bonds is 6. The van der Waals surface area contributed by atoms with Crippen LogP contribution in [0.5, 0.6) is 0 Å². The van der Waals surface area contributed by atoms with Crippen molar-refractivity contribution in [2.75, 3.05) is 58.4 Å². The fraction of sp³-hybridized carbons (Fsp3) is 0.440. The summed E-state index contributed by atoms with van der Waals surface area (Å²) in [5.74, 6) is -0.573. The molecule has 176 valence electrons. The summed E-state index contributed by atoms with van der Waals surface area (Å²) in [5.41, 5.74) is 4.59. The molecule has 0 aliphatic carbocycles.